The van der Waals surface area contributed by atoms with Crippen molar-refractivity contribution in [3.05, 3.63) is 34.7 Å². The van der Waals surface area contributed by atoms with Gasteiger partial charge in [-0.05, 0) is 23.2 Å². The van der Waals surface area contributed by atoms with Crippen molar-refractivity contribution >= 4 is 17.1 Å². The Morgan fingerprint density at radius 2 is 2.50 bits per heavy atom. The standard InChI is InChI=1S/C11H12O2S/c1-2-11(9-4-6-14-8-9)7-10(12)3-5-13-11/h3-6,8H,2,7H2,1H3. The van der Waals surface area contributed by atoms with Crippen molar-refractivity contribution in [2.24, 2.45) is 0 Å². The first-order valence-electron chi connectivity index (χ1n) is 4.67. The van der Waals surface area contributed by atoms with Crippen molar-refractivity contribution in [1.82, 2.24) is 0 Å². The lowest BCUT2D eigenvalue weighted by molar-refractivity contribution is -0.123. The predicted molar refractivity (Wildman–Crippen MR) is 56.1 cm³/mol. The number of ether oxygens (including phenoxy) is 1. The molecule has 2 rings (SSSR count). The first kappa shape index (κ1) is 9.46. The van der Waals surface area contributed by atoms with E-state index in [4.69, 9.17) is 4.74 Å². The van der Waals surface area contributed by atoms with Gasteiger partial charge in [0.15, 0.2) is 5.78 Å². The zero-order chi connectivity index (χ0) is 10.0. The molecule has 0 aliphatic carbocycles. The molecule has 74 valence electrons. The molecule has 1 aromatic rings. The molecule has 0 bridgehead atoms. The Hall–Kier alpha value is -1.09. The summed E-state index contributed by atoms with van der Waals surface area (Å²) >= 11 is 1.63. The van der Waals surface area contributed by atoms with Gasteiger partial charge in [-0.2, -0.15) is 11.3 Å². The van der Waals surface area contributed by atoms with Crippen LogP contribution in [0.4, 0.5) is 0 Å². The quantitative estimate of drug-likeness (QED) is 0.747. The lowest BCUT2D eigenvalue weighted by atomic mass is 9.86. The average Bonchev–Trinajstić information content (AvgIpc) is 2.71. The Bertz CT molecular complexity index is 353. The number of hydrogen-bond donors (Lipinski definition) is 0. The summed E-state index contributed by atoms with van der Waals surface area (Å²) in [6.45, 7) is 2.05. The molecule has 2 heterocycles. The second kappa shape index (κ2) is 3.58. The predicted octanol–water partition coefficient (Wildman–Crippen LogP) is 2.86. The summed E-state index contributed by atoms with van der Waals surface area (Å²) < 4.78 is 5.63. The number of carbonyl (C=O) groups excluding carboxylic acids is 1. The highest BCUT2D eigenvalue weighted by molar-refractivity contribution is 7.08. The Balaban J connectivity index is 2.36. The molecule has 0 N–H and O–H groups in total. The monoisotopic (exact) mass is 208 g/mol. The maximum atomic E-state index is 11.4. The van der Waals surface area contributed by atoms with E-state index in [2.05, 4.69) is 5.38 Å². The highest BCUT2D eigenvalue weighted by Crippen LogP contribution is 2.37. The Labute approximate surface area is 87.2 Å². The highest BCUT2D eigenvalue weighted by atomic mass is 32.1. The van der Waals surface area contributed by atoms with Gasteiger partial charge in [0.05, 0.1) is 12.7 Å². The van der Waals surface area contributed by atoms with Crippen LogP contribution in [0.25, 0.3) is 0 Å². The molecule has 1 aromatic heterocycles. The van der Waals surface area contributed by atoms with Crippen LogP contribution < -0.4 is 0 Å². The molecular formula is C11H12O2S. The Morgan fingerprint density at radius 3 is 3.07 bits per heavy atom. The Morgan fingerprint density at radius 1 is 1.64 bits per heavy atom. The van der Waals surface area contributed by atoms with Gasteiger partial charge >= 0.3 is 0 Å². The summed E-state index contributed by atoms with van der Waals surface area (Å²) in [5, 5.41) is 4.06. The van der Waals surface area contributed by atoms with Crippen molar-refractivity contribution in [3.8, 4) is 0 Å². The van der Waals surface area contributed by atoms with Crippen LogP contribution in [-0.2, 0) is 15.1 Å². The van der Waals surface area contributed by atoms with Crippen LogP contribution in [0.5, 0.6) is 0 Å². The number of hydrogen-bond acceptors (Lipinski definition) is 3. The second-order valence-electron chi connectivity index (χ2n) is 3.42. The maximum Gasteiger partial charge on any atom is 0.163 e. The number of ketones is 1. The van der Waals surface area contributed by atoms with Gasteiger partial charge in [-0.25, -0.2) is 0 Å². The minimum Gasteiger partial charge on any atom is -0.490 e. The maximum absolute atomic E-state index is 11.4. The summed E-state index contributed by atoms with van der Waals surface area (Å²) in [5.41, 5.74) is 0.703. The van der Waals surface area contributed by atoms with Crippen molar-refractivity contribution in [2.45, 2.75) is 25.4 Å². The molecule has 0 saturated carbocycles. The Kier molecular flexibility index (Phi) is 2.42. The summed E-state index contributed by atoms with van der Waals surface area (Å²) in [7, 11) is 0. The van der Waals surface area contributed by atoms with Crippen LogP contribution in [0.15, 0.2) is 29.2 Å². The van der Waals surface area contributed by atoms with Crippen molar-refractivity contribution in [3.63, 3.8) is 0 Å². The van der Waals surface area contributed by atoms with Crippen LogP contribution >= 0.6 is 11.3 Å². The van der Waals surface area contributed by atoms with Gasteiger partial charge in [0.1, 0.15) is 5.60 Å². The molecule has 14 heavy (non-hydrogen) atoms. The fourth-order valence-corrected chi connectivity index (χ4v) is 2.47. The average molecular weight is 208 g/mol. The largest absolute Gasteiger partial charge is 0.490 e. The number of thiophene rings is 1. The van der Waals surface area contributed by atoms with Gasteiger partial charge in [-0.3, -0.25) is 4.79 Å². The van der Waals surface area contributed by atoms with E-state index in [-0.39, 0.29) is 5.78 Å². The van der Waals surface area contributed by atoms with Crippen LogP contribution in [0.1, 0.15) is 25.3 Å². The minimum absolute atomic E-state index is 0.143. The van der Waals surface area contributed by atoms with E-state index in [9.17, 15) is 4.79 Å². The third kappa shape index (κ3) is 1.48. The van der Waals surface area contributed by atoms with E-state index < -0.39 is 5.60 Å². The van der Waals surface area contributed by atoms with Crippen LogP contribution in [0.2, 0.25) is 0 Å². The van der Waals surface area contributed by atoms with E-state index >= 15 is 0 Å². The molecule has 3 heteroatoms. The minimum atomic E-state index is -0.411. The van der Waals surface area contributed by atoms with Crippen molar-refractivity contribution in [2.75, 3.05) is 0 Å². The third-order valence-electron chi connectivity index (χ3n) is 2.63. The molecule has 1 aliphatic heterocycles. The molecule has 0 aromatic carbocycles. The first-order chi connectivity index (χ1) is 6.77. The lowest BCUT2D eigenvalue weighted by Gasteiger charge is -2.33. The molecule has 0 fully saturated rings. The summed E-state index contributed by atoms with van der Waals surface area (Å²) in [5.74, 6) is 0.143. The van der Waals surface area contributed by atoms with Crippen molar-refractivity contribution in [1.29, 1.82) is 0 Å². The third-order valence-corrected chi connectivity index (χ3v) is 3.31. The van der Waals surface area contributed by atoms with E-state index in [1.54, 1.807) is 11.3 Å². The summed E-state index contributed by atoms with van der Waals surface area (Å²) in [6.07, 6.45) is 4.30. The smallest absolute Gasteiger partial charge is 0.163 e. The lowest BCUT2D eigenvalue weighted by Crippen LogP contribution is -2.32. The zero-order valence-corrected chi connectivity index (χ0v) is 8.84. The molecular weight excluding hydrogens is 196 g/mol. The first-order valence-corrected chi connectivity index (χ1v) is 5.61. The van der Waals surface area contributed by atoms with Gasteiger partial charge in [0.2, 0.25) is 0 Å². The topological polar surface area (TPSA) is 26.3 Å². The van der Waals surface area contributed by atoms with Gasteiger partial charge in [-0.15, -0.1) is 0 Å². The summed E-state index contributed by atoms with van der Waals surface area (Å²) in [4.78, 5) is 11.4. The van der Waals surface area contributed by atoms with E-state index in [1.807, 2.05) is 18.4 Å². The molecule has 1 aliphatic rings. The molecule has 0 saturated heterocycles. The zero-order valence-electron chi connectivity index (χ0n) is 8.03. The molecule has 0 amide bonds. The van der Waals surface area contributed by atoms with Crippen LogP contribution in [-0.4, -0.2) is 5.78 Å². The normalized spacial score (nSPS) is 26.2. The molecule has 0 radical (unpaired) electrons. The second-order valence-corrected chi connectivity index (χ2v) is 4.20. The van der Waals surface area contributed by atoms with Gasteiger partial charge < -0.3 is 4.74 Å². The van der Waals surface area contributed by atoms with Crippen molar-refractivity contribution < 1.29 is 9.53 Å². The molecule has 1 unspecified atom stereocenters. The van der Waals surface area contributed by atoms with Crippen LogP contribution in [0.3, 0.4) is 0 Å². The molecule has 0 spiro atoms. The number of rotatable bonds is 2. The van der Waals surface area contributed by atoms with Gasteiger partial charge in [0.25, 0.3) is 0 Å². The fraction of sp³-hybridized carbons (Fsp3) is 0.364. The fourth-order valence-electron chi connectivity index (χ4n) is 1.73. The summed E-state index contributed by atoms with van der Waals surface area (Å²) in [6, 6.07) is 2.03. The SMILES string of the molecule is CCC1(c2ccsc2)CC(=O)C=CO1. The van der Waals surface area contributed by atoms with E-state index in [0.717, 1.165) is 12.0 Å². The van der Waals surface area contributed by atoms with Gasteiger partial charge in [-0.1, -0.05) is 6.92 Å². The van der Waals surface area contributed by atoms with E-state index in [0.29, 0.717) is 6.42 Å². The number of allylic oxidation sites excluding steroid dienone is 1. The molecule has 2 nitrogen and oxygen atoms in total. The number of carbonyl (C=O) groups is 1. The molecule has 1 atom stereocenters. The van der Waals surface area contributed by atoms with E-state index in [1.165, 1.54) is 12.3 Å². The van der Waals surface area contributed by atoms with Crippen LogP contribution in [0, 0.1) is 0 Å². The highest BCUT2D eigenvalue weighted by Gasteiger charge is 2.36. The van der Waals surface area contributed by atoms with Gasteiger partial charge in [0, 0.05) is 11.6 Å².